The van der Waals surface area contributed by atoms with Crippen molar-refractivity contribution in [2.75, 3.05) is 11.9 Å². The number of H-pyrrole nitrogens is 1. The lowest BCUT2D eigenvalue weighted by Crippen LogP contribution is -2.20. The Morgan fingerprint density at radius 2 is 2.13 bits per heavy atom. The van der Waals surface area contributed by atoms with Gasteiger partial charge in [-0.2, -0.15) is 0 Å². The molecule has 0 fully saturated rings. The summed E-state index contributed by atoms with van der Waals surface area (Å²) in [5, 5.41) is 0. The lowest BCUT2D eigenvalue weighted by Gasteiger charge is -2.21. The Kier molecular flexibility index (Phi) is 3.49. The average Bonchev–Trinajstić information content (AvgIpc) is 3.25. The van der Waals surface area contributed by atoms with E-state index >= 15 is 0 Å². The Hall–Kier alpha value is -2.76. The molecule has 0 spiro atoms. The molecule has 1 aliphatic rings. The van der Waals surface area contributed by atoms with Crippen LogP contribution in [0.4, 0.5) is 5.82 Å². The lowest BCUT2D eigenvalue weighted by molar-refractivity contribution is 0.854. The van der Waals surface area contributed by atoms with Crippen molar-refractivity contribution in [1.29, 1.82) is 0 Å². The predicted molar refractivity (Wildman–Crippen MR) is 88.0 cm³/mol. The van der Waals surface area contributed by atoms with Crippen molar-refractivity contribution in [3.05, 3.63) is 54.0 Å². The van der Waals surface area contributed by atoms with E-state index in [4.69, 9.17) is 9.97 Å². The van der Waals surface area contributed by atoms with Gasteiger partial charge in [0.2, 0.25) is 0 Å². The Morgan fingerprint density at radius 1 is 1.17 bits per heavy atom. The molecule has 0 aliphatic heterocycles. The van der Waals surface area contributed by atoms with Gasteiger partial charge in [-0.25, -0.2) is 15.0 Å². The molecule has 0 aromatic carbocycles. The summed E-state index contributed by atoms with van der Waals surface area (Å²) in [4.78, 5) is 23.2. The van der Waals surface area contributed by atoms with Gasteiger partial charge in [-0.15, -0.1) is 0 Å². The first kappa shape index (κ1) is 13.9. The molecule has 0 radical (unpaired) electrons. The van der Waals surface area contributed by atoms with Gasteiger partial charge in [0.25, 0.3) is 0 Å². The summed E-state index contributed by atoms with van der Waals surface area (Å²) < 4.78 is 0. The predicted octanol–water partition coefficient (Wildman–Crippen LogP) is 2.39. The Labute approximate surface area is 134 Å². The molecule has 0 bridgehead atoms. The third-order valence-corrected chi connectivity index (χ3v) is 4.15. The fourth-order valence-corrected chi connectivity index (χ4v) is 3.05. The van der Waals surface area contributed by atoms with Crippen LogP contribution in [0.3, 0.4) is 0 Å². The van der Waals surface area contributed by atoms with E-state index in [1.165, 1.54) is 11.3 Å². The zero-order valence-corrected chi connectivity index (χ0v) is 13.0. The van der Waals surface area contributed by atoms with Crippen molar-refractivity contribution < 1.29 is 0 Å². The van der Waals surface area contributed by atoms with E-state index in [9.17, 15) is 0 Å². The number of aromatic nitrogens is 5. The first-order valence-electron chi connectivity index (χ1n) is 7.80. The van der Waals surface area contributed by atoms with Crippen molar-refractivity contribution in [2.24, 2.45) is 0 Å². The number of hydrogen-bond acceptors (Lipinski definition) is 5. The van der Waals surface area contributed by atoms with Gasteiger partial charge in [0.1, 0.15) is 5.82 Å². The van der Waals surface area contributed by atoms with Gasteiger partial charge in [-0.05, 0) is 31.4 Å². The van der Waals surface area contributed by atoms with Crippen molar-refractivity contribution >= 4 is 5.82 Å². The van der Waals surface area contributed by atoms with Gasteiger partial charge >= 0.3 is 0 Å². The van der Waals surface area contributed by atoms with Gasteiger partial charge in [0, 0.05) is 42.5 Å². The number of hydrogen-bond donors (Lipinski definition) is 1. The normalized spacial score (nSPS) is 13.1. The summed E-state index contributed by atoms with van der Waals surface area (Å²) in [5.74, 6) is 1.77. The Balaban J connectivity index is 1.74. The van der Waals surface area contributed by atoms with Gasteiger partial charge in [-0.3, -0.25) is 4.98 Å². The highest BCUT2D eigenvalue weighted by atomic mass is 15.2. The average molecular weight is 306 g/mol. The second-order valence-electron chi connectivity index (χ2n) is 5.82. The maximum absolute atomic E-state index is 4.84. The molecule has 1 aliphatic carbocycles. The smallest absolute Gasteiger partial charge is 0.163 e. The molecular formula is C17H18N6. The van der Waals surface area contributed by atoms with Gasteiger partial charge in [0.15, 0.2) is 5.82 Å². The fraction of sp³-hybridized carbons (Fsp3) is 0.294. The van der Waals surface area contributed by atoms with Crippen LogP contribution in [0, 0.1) is 0 Å². The number of imidazole rings is 1. The minimum absolute atomic E-state index is 0.746. The van der Waals surface area contributed by atoms with E-state index in [2.05, 4.69) is 26.9 Å². The molecule has 1 N–H and O–H groups in total. The van der Waals surface area contributed by atoms with Crippen molar-refractivity contribution in [3.8, 4) is 11.4 Å². The molecule has 23 heavy (non-hydrogen) atoms. The summed E-state index contributed by atoms with van der Waals surface area (Å²) in [6.45, 7) is 0.746. The first-order valence-corrected chi connectivity index (χ1v) is 7.80. The molecule has 4 rings (SSSR count). The number of anilines is 1. The molecule has 6 nitrogen and oxygen atoms in total. The number of nitrogens with zero attached hydrogens (tertiary/aromatic N) is 5. The van der Waals surface area contributed by atoms with Crippen LogP contribution >= 0.6 is 0 Å². The molecule has 116 valence electrons. The van der Waals surface area contributed by atoms with E-state index in [0.29, 0.717) is 0 Å². The zero-order valence-electron chi connectivity index (χ0n) is 13.0. The Morgan fingerprint density at radius 3 is 2.91 bits per heavy atom. The number of aromatic amines is 1. The molecular weight excluding hydrogens is 288 g/mol. The monoisotopic (exact) mass is 306 g/mol. The summed E-state index contributed by atoms with van der Waals surface area (Å²) in [6.07, 6.45) is 10.3. The number of nitrogens with one attached hydrogen (secondary N) is 1. The molecule has 0 saturated heterocycles. The minimum atomic E-state index is 0.746. The van der Waals surface area contributed by atoms with Crippen LogP contribution in [0.1, 0.15) is 23.4 Å². The van der Waals surface area contributed by atoms with E-state index in [0.717, 1.165) is 48.7 Å². The third kappa shape index (κ3) is 2.67. The SMILES string of the molecule is CN(Cc1cnc[nH]1)c1nc(-c2cccnc2)nc2c1CCC2. The highest BCUT2D eigenvalue weighted by Crippen LogP contribution is 2.31. The zero-order chi connectivity index (χ0) is 15.6. The van der Waals surface area contributed by atoms with Gasteiger partial charge in [0.05, 0.1) is 18.6 Å². The quantitative estimate of drug-likeness (QED) is 0.801. The summed E-state index contributed by atoms with van der Waals surface area (Å²) in [5.41, 5.74) is 4.48. The molecule has 0 saturated carbocycles. The fourth-order valence-electron chi connectivity index (χ4n) is 3.05. The van der Waals surface area contributed by atoms with E-state index in [1.54, 1.807) is 12.5 Å². The molecule has 3 heterocycles. The molecule has 0 unspecified atom stereocenters. The van der Waals surface area contributed by atoms with Crippen molar-refractivity contribution in [1.82, 2.24) is 24.9 Å². The second-order valence-corrected chi connectivity index (χ2v) is 5.82. The number of pyridine rings is 1. The van der Waals surface area contributed by atoms with Crippen molar-refractivity contribution in [2.45, 2.75) is 25.8 Å². The number of rotatable bonds is 4. The third-order valence-electron chi connectivity index (χ3n) is 4.15. The molecule has 0 atom stereocenters. The maximum Gasteiger partial charge on any atom is 0.163 e. The summed E-state index contributed by atoms with van der Waals surface area (Å²) in [6, 6.07) is 3.92. The standard InChI is InChI=1S/C17H18N6/c1-23(10-13-9-19-11-20-13)17-14-5-2-6-15(14)21-16(22-17)12-4-3-7-18-8-12/h3-4,7-9,11H,2,5-6,10H2,1H3,(H,19,20). The van der Waals surface area contributed by atoms with Crippen LogP contribution in [-0.2, 0) is 19.4 Å². The van der Waals surface area contributed by atoms with Crippen LogP contribution in [-0.4, -0.2) is 32.0 Å². The largest absolute Gasteiger partial charge is 0.353 e. The maximum atomic E-state index is 4.84. The van der Waals surface area contributed by atoms with Crippen molar-refractivity contribution in [3.63, 3.8) is 0 Å². The van der Waals surface area contributed by atoms with Gasteiger partial charge in [-0.1, -0.05) is 0 Å². The first-order chi connectivity index (χ1) is 11.3. The van der Waals surface area contributed by atoms with Crippen LogP contribution in [0.15, 0.2) is 37.1 Å². The summed E-state index contributed by atoms with van der Waals surface area (Å²) in [7, 11) is 2.06. The highest BCUT2D eigenvalue weighted by Gasteiger charge is 2.22. The topological polar surface area (TPSA) is 70.6 Å². The second kappa shape index (κ2) is 5.79. The number of fused-ring (bicyclic) bond motifs is 1. The van der Waals surface area contributed by atoms with Crippen LogP contribution in [0.25, 0.3) is 11.4 Å². The lowest BCUT2D eigenvalue weighted by atomic mass is 10.2. The Bertz CT molecular complexity index is 797. The molecule has 0 amide bonds. The van der Waals surface area contributed by atoms with Crippen LogP contribution in [0.2, 0.25) is 0 Å². The molecule has 3 aromatic heterocycles. The number of aryl methyl sites for hydroxylation is 1. The molecule has 3 aromatic rings. The van der Waals surface area contributed by atoms with E-state index in [-0.39, 0.29) is 0 Å². The summed E-state index contributed by atoms with van der Waals surface area (Å²) >= 11 is 0. The minimum Gasteiger partial charge on any atom is -0.353 e. The molecule has 6 heteroatoms. The van der Waals surface area contributed by atoms with E-state index < -0.39 is 0 Å². The van der Waals surface area contributed by atoms with Gasteiger partial charge < -0.3 is 9.88 Å². The van der Waals surface area contributed by atoms with Crippen LogP contribution < -0.4 is 4.90 Å². The van der Waals surface area contributed by atoms with Crippen LogP contribution in [0.5, 0.6) is 0 Å². The van der Waals surface area contributed by atoms with E-state index in [1.807, 2.05) is 24.5 Å². The highest BCUT2D eigenvalue weighted by molar-refractivity contribution is 5.60.